The van der Waals surface area contributed by atoms with Gasteiger partial charge >= 0.3 is 0 Å². The Morgan fingerprint density at radius 1 is 0.326 bits per heavy atom. The molecule has 1 nitrogen and oxygen atoms in total. The number of hydrogen-bond donors (Lipinski definition) is 0. The largest absolute Gasteiger partial charge is 0.310 e. The fraction of sp³-hybridized carbons (Fsp3) is 0. The molecule has 216 valence electrons. The number of benzene rings is 8. The van der Waals surface area contributed by atoms with Gasteiger partial charge in [0.25, 0.3) is 0 Å². The van der Waals surface area contributed by atoms with Crippen LogP contribution in [0, 0.1) is 0 Å². The highest BCUT2D eigenvalue weighted by molar-refractivity contribution is 7.25. The van der Waals surface area contributed by atoms with Gasteiger partial charge in [-0.15, -0.1) is 11.3 Å². The Morgan fingerprint density at radius 3 is 1.63 bits per heavy atom. The van der Waals surface area contributed by atoms with Gasteiger partial charge in [-0.1, -0.05) is 127 Å². The van der Waals surface area contributed by atoms with E-state index in [1.54, 1.807) is 0 Å². The monoisotopic (exact) mass is 603 g/mol. The lowest BCUT2D eigenvalue weighted by Crippen LogP contribution is -2.10. The first-order chi connectivity index (χ1) is 22.8. The summed E-state index contributed by atoms with van der Waals surface area (Å²) in [6.07, 6.45) is 0. The fourth-order valence-corrected chi connectivity index (χ4v) is 7.91. The second-order valence-corrected chi connectivity index (χ2v) is 12.9. The summed E-state index contributed by atoms with van der Waals surface area (Å²) in [5, 5.41) is 7.61. The number of thiophene rings is 1. The summed E-state index contributed by atoms with van der Waals surface area (Å²) in [6, 6.07) is 64.1. The lowest BCUT2D eigenvalue weighted by Gasteiger charge is -2.27. The summed E-state index contributed by atoms with van der Waals surface area (Å²) in [6.45, 7) is 0. The molecule has 0 atom stereocenters. The van der Waals surface area contributed by atoms with Gasteiger partial charge in [0, 0.05) is 37.2 Å². The third-order valence-electron chi connectivity index (χ3n) is 9.04. The molecule has 0 radical (unpaired) electrons. The molecular formula is C44H29NS. The van der Waals surface area contributed by atoms with Crippen LogP contribution in [0.1, 0.15) is 0 Å². The summed E-state index contributed by atoms with van der Waals surface area (Å²) in [7, 11) is 0. The highest BCUT2D eigenvalue weighted by Gasteiger charge is 2.18. The maximum atomic E-state index is 2.42. The van der Waals surface area contributed by atoms with Gasteiger partial charge in [-0.2, -0.15) is 0 Å². The van der Waals surface area contributed by atoms with Crippen LogP contribution in [0.5, 0.6) is 0 Å². The van der Waals surface area contributed by atoms with Gasteiger partial charge in [0.1, 0.15) is 0 Å². The topological polar surface area (TPSA) is 3.24 Å². The molecular weight excluding hydrogens is 575 g/mol. The summed E-state index contributed by atoms with van der Waals surface area (Å²) >= 11 is 1.86. The minimum atomic E-state index is 1.12. The van der Waals surface area contributed by atoms with Crippen LogP contribution >= 0.6 is 11.3 Å². The van der Waals surface area contributed by atoms with Crippen molar-refractivity contribution in [2.75, 3.05) is 4.90 Å². The van der Waals surface area contributed by atoms with Crippen LogP contribution in [0.25, 0.3) is 64.0 Å². The zero-order chi connectivity index (χ0) is 30.5. The first-order valence-corrected chi connectivity index (χ1v) is 16.5. The highest BCUT2D eigenvalue weighted by atomic mass is 32.1. The predicted octanol–water partition coefficient (Wildman–Crippen LogP) is 13.2. The summed E-state index contributed by atoms with van der Waals surface area (Å²) in [5.74, 6) is 0. The Labute approximate surface area is 272 Å². The molecule has 9 aromatic rings. The Kier molecular flexibility index (Phi) is 6.40. The normalized spacial score (nSPS) is 11.5. The number of rotatable bonds is 5. The molecule has 0 saturated carbocycles. The Morgan fingerprint density at radius 2 is 0.848 bits per heavy atom. The minimum Gasteiger partial charge on any atom is -0.310 e. The quantitative estimate of drug-likeness (QED) is 0.177. The van der Waals surface area contributed by atoms with Gasteiger partial charge in [0.05, 0.1) is 0 Å². The molecule has 0 saturated heterocycles. The molecule has 0 aliphatic heterocycles. The average Bonchev–Trinajstić information content (AvgIpc) is 3.50. The van der Waals surface area contributed by atoms with Crippen molar-refractivity contribution in [1.29, 1.82) is 0 Å². The number of fused-ring (bicyclic) bond motifs is 6. The molecule has 1 aromatic heterocycles. The molecule has 0 aliphatic rings. The van der Waals surface area contributed by atoms with Crippen LogP contribution in [0.3, 0.4) is 0 Å². The van der Waals surface area contributed by atoms with Crippen molar-refractivity contribution in [3.8, 4) is 22.3 Å². The molecule has 1 heterocycles. The van der Waals surface area contributed by atoms with Crippen LogP contribution in [0.4, 0.5) is 17.1 Å². The average molecular weight is 604 g/mol. The molecule has 9 rings (SSSR count). The smallest absolute Gasteiger partial charge is 0.0468 e. The van der Waals surface area contributed by atoms with Crippen molar-refractivity contribution in [3.63, 3.8) is 0 Å². The summed E-state index contributed by atoms with van der Waals surface area (Å²) in [5.41, 5.74) is 8.24. The Balaban J connectivity index is 1.31. The van der Waals surface area contributed by atoms with E-state index in [0.717, 1.165) is 17.1 Å². The zero-order valence-corrected chi connectivity index (χ0v) is 25.9. The van der Waals surface area contributed by atoms with Crippen LogP contribution in [0.15, 0.2) is 176 Å². The molecule has 46 heavy (non-hydrogen) atoms. The van der Waals surface area contributed by atoms with Crippen LogP contribution in [-0.2, 0) is 0 Å². The van der Waals surface area contributed by atoms with E-state index < -0.39 is 0 Å². The van der Waals surface area contributed by atoms with E-state index >= 15 is 0 Å². The third kappa shape index (κ3) is 4.54. The van der Waals surface area contributed by atoms with Crippen LogP contribution in [0.2, 0.25) is 0 Å². The van der Waals surface area contributed by atoms with Gasteiger partial charge < -0.3 is 4.90 Å². The van der Waals surface area contributed by atoms with E-state index in [9.17, 15) is 0 Å². The second-order valence-electron chi connectivity index (χ2n) is 11.8. The fourth-order valence-electron chi connectivity index (χ4n) is 6.83. The third-order valence-corrected chi connectivity index (χ3v) is 10.2. The standard InChI is InChI=1S/C44H29NS/c1-3-11-30(12-4-1)38-25-23-35(28-40(38)31-13-5-2-6-14-31)45(36-24-26-44-42(29-36)39-17-9-10-18-43(39)46-44)34-22-21-33-20-19-32-15-7-8-16-37(32)41(33)27-34/h1-29H. The number of nitrogens with zero attached hydrogens (tertiary/aromatic N) is 1. The van der Waals surface area contributed by atoms with Gasteiger partial charge in [-0.25, -0.2) is 0 Å². The first kappa shape index (κ1) is 26.7. The van der Waals surface area contributed by atoms with Crippen molar-refractivity contribution in [2.45, 2.75) is 0 Å². The van der Waals surface area contributed by atoms with Crippen molar-refractivity contribution in [3.05, 3.63) is 176 Å². The van der Waals surface area contributed by atoms with E-state index in [-0.39, 0.29) is 0 Å². The van der Waals surface area contributed by atoms with Gasteiger partial charge in [-0.3, -0.25) is 0 Å². The van der Waals surface area contributed by atoms with E-state index in [1.165, 1.54) is 64.0 Å². The predicted molar refractivity (Wildman–Crippen MR) is 200 cm³/mol. The van der Waals surface area contributed by atoms with Crippen molar-refractivity contribution in [1.82, 2.24) is 0 Å². The van der Waals surface area contributed by atoms with Crippen LogP contribution in [-0.4, -0.2) is 0 Å². The molecule has 0 aliphatic carbocycles. The number of hydrogen-bond acceptors (Lipinski definition) is 2. The van der Waals surface area contributed by atoms with E-state index in [4.69, 9.17) is 0 Å². The molecule has 0 fully saturated rings. The highest BCUT2D eigenvalue weighted by Crippen LogP contribution is 2.44. The van der Waals surface area contributed by atoms with Crippen molar-refractivity contribution < 1.29 is 0 Å². The lowest BCUT2D eigenvalue weighted by atomic mass is 9.93. The Bertz CT molecular complexity index is 2530. The van der Waals surface area contributed by atoms with Gasteiger partial charge in [-0.05, 0) is 92.3 Å². The molecule has 2 heteroatoms. The van der Waals surface area contributed by atoms with Crippen molar-refractivity contribution >= 4 is 70.1 Å². The van der Waals surface area contributed by atoms with E-state index in [1.807, 2.05) is 11.3 Å². The number of anilines is 3. The molecule has 0 unspecified atom stereocenters. The molecule has 0 bridgehead atoms. The molecule has 0 spiro atoms. The second kappa shape index (κ2) is 11.0. The first-order valence-electron chi connectivity index (χ1n) is 15.7. The Hall–Kier alpha value is -5.70. The molecule has 0 N–H and O–H groups in total. The molecule has 8 aromatic carbocycles. The van der Waals surface area contributed by atoms with Gasteiger partial charge in [0.2, 0.25) is 0 Å². The van der Waals surface area contributed by atoms with E-state index in [0.29, 0.717) is 0 Å². The molecule has 0 amide bonds. The SMILES string of the molecule is c1ccc(-c2ccc(N(c3ccc4ccc5ccccc5c4c3)c3ccc4sc5ccccc5c4c3)cc2-c2ccccc2)cc1. The lowest BCUT2D eigenvalue weighted by molar-refractivity contribution is 1.30. The summed E-state index contributed by atoms with van der Waals surface area (Å²) in [4.78, 5) is 2.42. The minimum absolute atomic E-state index is 1.12. The van der Waals surface area contributed by atoms with E-state index in [2.05, 4.69) is 181 Å². The maximum absolute atomic E-state index is 2.42. The van der Waals surface area contributed by atoms with Crippen molar-refractivity contribution in [2.24, 2.45) is 0 Å². The zero-order valence-electron chi connectivity index (χ0n) is 25.1. The summed E-state index contributed by atoms with van der Waals surface area (Å²) < 4.78 is 2.62. The maximum Gasteiger partial charge on any atom is 0.0468 e. The van der Waals surface area contributed by atoms with Crippen LogP contribution < -0.4 is 4.90 Å². The van der Waals surface area contributed by atoms with Gasteiger partial charge in [0.15, 0.2) is 0 Å².